The number of nitro groups is 1. The van der Waals surface area contributed by atoms with Crippen molar-refractivity contribution in [3.8, 4) is 0 Å². The van der Waals surface area contributed by atoms with Gasteiger partial charge in [-0.15, -0.1) is 0 Å². The molecule has 5 nitrogen and oxygen atoms in total. The van der Waals surface area contributed by atoms with Gasteiger partial charge in [0.1, 0.15) is 5.69 Å². The first-order valence-corrected chi connectivity index (χ1v) is 6.25. The van der Waals surface area contributed by atoms with Gasteiger partial charge < -0.3 is 10.4 Å². The average molecular weight is 273 g/mol. The third-order valence-corrected chi connectivity index (χ3v) is 3.09. The third-order valence-electron chi connectivity index (χ3n) is 2.85. The molecule has 0 saturated heterocycles. The van der Waals surface area contributed by atoms with Crippen LogP contribution in [0.3, 0.4) is 0 Å². The Hall–Kier alpha value is -1.33. The van der Waals surface area contributed by atoms with Crippen LogP contribution in [-0.4, -0.2) is 23.2 Å². The van der Waals surface area contributed by atoms with E-state index in [1.807, 2.05) is 6.92 Å². The molecule has 6 heteroatoms. The second-order valence-electron chi connectivity index (χ2n) is 4.09. The summed E-state index contributed by atoms with van der Waals surface area (Å²) in [5.74, 6) is 0.286. The highest BCUT2D eigenvalue weighted by Gasteiger charge is 2.15. The standard InChI is InChI=1S/C12H17ClN2O3/c1-2-9(5-6-16)8-14-11-7-10(13)3-4-12(11)15(17)18/h3-4,7,9,14,16H,2,5-6,8H2,1H3. The van der Waals surface area contributed by atoms with Crippen molar-refractivity contribution in [1.29, 1.82) is 0 Å². The monoisotopic (exact) mass is 272 g/mol. The molecule has 1 atom stereocenters. The van der Waals surface area contributed by atoms with E-state index in [-0.39, 0.29) is 18.2 Å². The number of aliphatic hydroxyl groups is 1. The highest BCUT2D eigenvalue weighted by molar-refractivity contribution is 6.31. The Bertz CT molecular complexity index is 412. The summed E-state index contributed by atoms with van der Waals surface area (Å²) in [6.07, 6.45) is 1.58. The van der Waals surface area contributed by atoms with Crippen LogP contribution in [0.25, 0.3) is 0 Å². The number of nitrogens with zero attached hydrogens (tertiary/aromatic N) is 1. The van der Waals surface area contributed by atoms with Gasteiger partial charge in [-0.25, -0.2) is 0 Å². The molecular formula is C12H17ClN2O3. The molecule has 0 bridgehead atoms. The second kappa shape index (κ2) is 7.18. The van der Waals surface area contributed by atoms with Crippen LogP contribution in [-0.2, 0) is 0 Å². The van der Waals surface area contributed by atoms with Gasteiger partial charge in [0.2, 0.25) is 0 Å². The number of anilines is 1. The summed E-state index contributed by atoms with van der Waals surface area (Å²) in [5.41, 5.74) is 0.433. The van der Waals surface area contributed by atoms with Gasteiger partial charge in [-0.2, -0.15) is 0 Å². The minimum absolute atomic E-state index is 0.0123. The number of halogens is 1. The van der Waals surface area contributed by atoms with Crippen LogP contribution >= 0.6 is 11.6 Å². The fourth-order valence-corrected chi connectivity index (χ4v) is 1.87. The quantitative estimate of drug-likeness (QED) is 0.591. The lowest BCUT2D eigenvalue weighted by atomic mass is 10.0. The Balaban J connectivity index is 2.76. The van der Waals surface area contributed by atoms with E-state index in [2.05, 4.69) is 5.32 Å². The Labute approximate surface area is 111 Å². The molecule has 1 aromatic rings. The predicted octanol–water partition coefficient (Wildman–Crippen LogP) is 3.07. The van der Waals surface area contributed by atoms with Crippen molar-refractivity contribution in [2.45, 2.75) is 19.8 Å². The maximum Gasteiger partial charge on any atom is 0.292 e. The van der Waals surface area contributed by atoms with Crippen molar-refractivity contribution in [3.05, 3.63) is 33.3 Å². The van der Waals surface area contributed by atoms with E-state index in [0.29, 0.717) is 23.7 Å². The summed E-state index contributed by atoms with van der Waals surface area (Å²) < 4.78 is 0. The molecule has 0 fully saturated rings. The number of hydrogen-bond acceptors (Lipinski definition) is 4. The lowest BCUT2D eigenvalue weighted by molar-refractivity contribution is -0.384. The van der Waals surface area contributed by atoms with Crippen LogP contribution in [0.2, 0.25) is 5.02 Å². The van der Waals surface area contributed by atoms with Gasteiger partial charge in [0, 0.05) is 24.2 Å². The zero-order valence-corrected chi connectivity index (χ0v) is 11.0. The highest BCUT2D eigenvalue weighted by atomic mass is 35.5. The molecule has 0 aliphatic rings. The summed E-state index contributed by atoms with van der Waals surface area (Å²) in [6, 6.07) is 4.43. The fourth-order valence-electron chi connectivity index (χ4n) is 1.70. The van der Waals surface area contributed by atoms with Gasteiger partial charge in [-0.3, -0.25) is 10.1 Å². The summed E-state index contributed by atoms with van der Waals surface area (Å²) >= 11 is 5.83. The Morgan fingerprint density at radius 2 is 2.28 bits per heavy atom. The maximum absolute atomic E-state index is 10.9. The highest BCUT2D eigenvalue weighted by Crippen LogP contribution is 2.28. The van der Waals surface area contributed by atoms with Gasteiger partial charge in [-0.05, 0) is 24.5 Å². The van der Waals surface area contributed by atoms with E-state index in [4.69, 9.17) is 16.7 Å². The first-order valence-electron chi connectivity index (χ1n) is 5.87. The van der Waals surface area contributed by atoms with Crippen molar-refractivity contribution < 1.29 is 10.0 Å². The second-order valence-corrected chi connectivity index (χ2v) is 4.52. The predicted molar refractivity (Wildman–Crippen MR) is 72.1 cm³/mol. The van der Waals surface area contributed by atoms with Crippen LogP contribution in [0.4, 0.5) is 11.4 Å². The average Bonchev–Trinajstić information content (AvgIpc) is 2.34. The maximum atomic E-state index is 10.9. The molecule has 2 N–H and O–H groups in total. The molecular weight excluding hydrogens is 256 g/mol. The zero-order chi connectivity index (χ0) is 13.5. The van der Waals surface area contributed by atoms with Gasteiger partial charge in [-0.1, -0.05) is 24.9 Å². The molecule has 0 saturated carbocycles. The molecule has 18 heavy (non-hydrogen) atoms. The third kappa shape index (κ3) is 4.16. The molecule has 0 aliphatic carbocycles. The molecule has 1 unspecified atom stereocenters. The molecule has 1 aromatic carbocycles. The molecule has 0 aromatic heterocycles. The van der Waals surface area contributed by atoms with E-state index < -0.39 is 4.92 Å². The number of hydrogen-bond donors (Lipinski definition) is 2. The van der Waals surface area contributed by atoms with E-state index in [1.54, 1.807) is 6.07 Å². The molecule has 0 aliphatic heterocycles. The van der Waals surface area contributed by atoms with E-state index >= 15 is 0 Å². The number of aliphatic hydroxyl groups excluding tert-OH is 1. The minimum atomic E-state index is -0.439. The van der Waals surface area contributed by atoms with Crippen LogP contribution in [0.15, 0.2) is 18.2 Å². The molecule has 0 heterocycles. The van der Waals surface area contributed by atoms with Gasteiger partial charge in [0.25, 0.3) is 5.69 Å². The lowest BCUT2D eigenvalue weighted by Gasteiger charge is -2.15. The molecule has 1 rings (SSSR count). The SMILES string of the molecule is CCC(CCO)CNc1cc(Cl)ccc1[N+](=O)[O-]. The minimum Gasteiger partial charge on any atom is -0.396 e. The normalized spacial score (nSPS) is 12.2. The molecule has 0 amide bonds. The van der Waals surface area contributed by atoms with E-state index in [1.165, 1.54) is 12.1 Å². The molecule has 100 valence electrons. The first kappa shape index (κ1) is 14.7. The van der Waals surface area contributed by atoms with Crippen LogP contribution in [0, 0.1) is 16.0 Å². The van der Waals surface area contributed by atoms with E-state index in [9.17, 15) is 10.1 Å². The smallest absolute Gasteiger partial charge is 0.292 e. The number of nitro benzene ring substituents is 1. The number of benzene rings is 1. The zero-order valence-electron chi connectivity index (χ0n) is 10.2. The van der Waals surface area contributed by atoms with Crippen molar-refractivity contribution in [3.63, 3.8) is 0 Å². The van der Waals surface area contributed by atoms with Gasteiger partial charge in [0.15, 0.2) is 0 Å². The lowest BCUT2D eigenvalue weighted by Crippen LogP contribution is -2.15. The molecule has 0 spiro atoms. The first-order chi connectivity index (χ1) is 8.58. The van der Waals surface area contributed by atoms with Crippen molar-refractivity contribution >= 4 is 23.0 Å². The van der Waals surface area contributed by atoms with Crippen LogP contribution in [0.5, 0.6) is 0 Å². The summed E-state index contributed by atoms with van der Waals surface area (Å²) in [5, 5.41) is 23.2. The van der Waals surface area contributed by atoms with Crippen molar-refractivity contribution in [1.82, 2.24) is 0 Å². The number of nitrogens with one attached hydrogen (secondary N) is 1. The number of rotatable bonds is 7. The van der Waals surface area contributed by atoms with E-state index in [0.717, 1.165) is 6.42 Å². The Morgan fingerprint density at radius 1 is 1.56 bits per heavy atom. The topological polar surface area (TPSA) is 75.4 Å². The van der Waals surface area contributed by atoms with Gasteiger partial charge >= 0.3 is 0 Å². The fraction of sp³-hybridized carbons (Fsp3) is 0.500. The summed E-state index contributed by atoms with van der Waals surface area (Å²) in [7, 11) is 0. The summed E-state index contributed by atoms with van der Waals surface area (Å²) in [6.45, 7) is 2.73. The van der Waals surface area contributed by atoms with Crippen molar-refractivity contribution in [2.24, 2.45) is 5.92 Å². The molecule has 0 radical (unpaired) electrons. The van der Waals surface area contributed by atoms with Gasteiger partial charge in [0.05, 0.1) is 4.92 Å². The summed E-state index contributed by atoms with van der Waals surface area (Å²) in [4.78, 5) is 10.4. The Morgan fingerprint density at radius 3 is 2.83 bits per heavy atom. The van der Waals surface area contributed by atoms with Crippen LogP contribution < -0.4 is 5.32 Å². The van der Waals surface area contributed by atoms with Crippen molar-refractivity contribution in [2.75, 3.05) is 18.5 Å². The largest absolute Gasteiger partial charge is 0.396 e. The van der Waals surface area contributed by atoms with Crippen LogP contribution in [0.1, 0.15) is 19.8 Å². The Kier molecular flexibility index (Phi) is 5.88.